The molecule has 0 aliphatic carbocycles. The van der Waals surface area contributed by atoms with E-state index in [1.165, 1.54) is 18.4 Å². The van der Waals surface area contributed by atoms with Crippen LogP contribution in [0.2, 0.25) is 0 Å². The lowest BCUT2D eigenvalue weighted by Crippen LogP contribution is -1.91. The van der Waals surface area contributed by atoms with Gasteiger partial charge in [0.25, 0.3) is 0 Å². The Morgan fingerprint density at radius 2 is 2.18 bits per heavy atom. The molecule has 11 heavy (non-hydrogen) atoms. The molecule has 1 aromatic rings. The Balaban J connectivity index is 3.20. The van der Waals surface area contributed by atoms with E-state index in [4.69, 9.17) is 5.11 Å². The fourth-order valence-electron chi connectivity index (χ4n) is 0.723. The molecule has 0 heterocycles. The molecule has 0 amide bonds. The third-order valence-electron chi connectivity index (χ3n) is 1.23. The van der Waals surface area contributed by atoms with Crippen LogP contribution < -0.4 is 0 Å². The zero-order chi connectivity index (χ0) is 8.43. The van der Waals surface area contributed by atoms with Crippen molar-refractivity contribution in [1.29, 1.82) is 0 Å². The second-order valence-electron chi connectivity index (χ2n) is 2.07. The summed E-state index contributed by atoms with van der Waals surface area (Å²) in [6, 6.07) is 3.55. The lowest BCUT2D eigenvalue weighted by molar-refractivity contribution is 0.466. The first kappa shape index (κ1) is 8.20. The zero-order valence-electron chi connectivity index (χ0n) is 5.87. The fourth-order valence-corrected chi connectivity index (χ4v) is 1.32. The maximum atomic E-state index is 12.7. The Labute approximate surface area is 66.1 Å². The average molecular weight is 174 g/mol. The van der Waals surface area contributed by atoms with Gasteiger partial charge in [-0.25, -0.2) is 4.39 Å². The van der Waals surface area contributed by atoms with Crippen LogP contribution in [0.25, 0.3) is 0 Å². The van der Waals surface area contributed by atoms with Gasteiger partial charge in [-0.15, -0.1) is 0 Å². The summed E-state index contributed by atoms with van der Waals surface area (Å²) in [5.74, 6) is -0.789. The van der Waals surface area contributed by atoms with Crippen LogP contribution in [0, 0.1) is 5.82 Å². The van der Waals surface area contributed by atoms with Crippen molar-refractivity contribution in [3.8, 4) is 5.75 Å². The van der Waals surface area contributed by atoms with Gasteiger partial charge in [-0.1, -0.05) is 0 Å². The standard InChI is InChI=1S/C7H7FO2S/c1-11(10)7-3-2-5(9)4-6(7)8/h2-4,9H,1H3/t11-/m1/s1. The Morgan fingerprint density at radius 3 is 2.64 bits per heavy atom. The molecule has 0 aliphatic rings. The van der Waals surface area contributed by atoms with Gasteiger partial charge in [-0.2, -0.15) is 0 Å². The van der Waals surface area contributed by atoms with Crippen LogP contribution >= 0.6 is 0 Å². The van der Waals surface area contributed by atoms with Crippen LogP contribution in [0.5, 0.6) is 5.75 Å². The summed E-state index contributed by atoms with van der Waals surface area (Å²) in [6.07, 6.45) is 1.38. The summed E-state index contributed by atoms with van der Waals surface area (Å²) < 4.78 is 23.5. The van der Waals surface area contributed by atoms with Crippen molar-refractivity contribution in [2.24, 2.45) is 0 Å². The summed E-state index contributed by atoms with van der Waals surface area (Å²) in [6.45, 7) is 0. The molecular weight excluding hydrogens is 167 g/mol. The Kier molecular flexibility index (Phi) is 2.24. The number of rotatable bonds is 1. The highest BCUT2D eigenvalue weighted by atomic mass is 32.2. The molecule has 60 valence electrons. The predicted molar refractivity (Wildman–Crippen MR) is 40.4 cm³/mol. The van der Waals surface area contributed by atoms with E-state index in [9.17, 15) is 8.60 Å². The SMILES string of the molecule is C[S@@](=O)c1ccc(O)cc1F. The third kappa shape index (κ3) is 1.77. The monoisotopic (exact) mass is 174 g/mol. The third-order valence-corrected chi connectivity index (χ3v) is 2.18. The van der Waals surface area contributed by atoms with Gasteiger partial charge in [0, 0.05) is 12.3 Å². The molecule has 0 saturated carbocycles. The fraction of sp³-hybridized carbons (Fsp3) is 0.143. The van der Waals surface area contributed by atoms with Crippen molar-refractivity contribution >= 4 is 10.8 Å². The molecule has 1 aromatic carbocycles. The van der Waals surface area contributed by atoms with Gasteiger partial charge in [-0.3, -0.25) is 4.21 Å². The van der Waals surface area contributed by atoms with Gasteiger partial charge in [0.2, 0.25) is 0 Å². The van der Waals surface area contributed by atoms with E-state index in [0.29, 0.717) is 0 Å². The Hall–Kier alpha value is -0.900. The first-order chi connectivity index (χ1) is 5.11. The second-order valence-corrected chi connectivity index (χ2v) is 3.42. The van der Waals surface area contributed by atoms with Crippen molar-refractivity contribution < 1.29 is 13.7 Å². The van der Waals surface area contributed by atoms with Crippen LogP contribution in [0.1, 0.15) is 0 Å². The lowest BCUT2D eigenvalue weighted by atomic mass is 10.3. The second kappa shape index (κ2) is 3.00. The summed E-state index contributed by atoms with van der Waals surface area (Å²) in [7, 11) is -1.33. The highest BCUT2D eigenvalue weighted by Crippen LogP contribution is 2.16. The van der Waals surface area contributed by atoms with Gasteiger partial charge in [0.05, 0.1) is 15.7 Å². The van der Waals surface area contributed by atoms with Crippen molar-refractivity contribution in [3.05, 3.63) is 24.0 Å². The van der Waals surface area contributed by atoms with Gasteiger partial charge >= 0.3 is 0 Å². The molecule has 1 atom stereocenters. The quantitative estimate of drug-likeness (QED) is 0.696. The summed E-state index contributed by atoms with van der Waals surface area (Å²) in [4.78, 5) is 0.114. The maximum absolute atomic E-state index is 12.7. The largest absolute Gasteiger partial charge is 0.508 e. The molecule has 4 heteroatoms. The first-order valence-corrected chi connectivity index (χ1v) is 4.49. The number of benzene rings is 1. The Bertz CT molecular complexity index is 298. The van der Waals surface area contributed by atoms with Gasteiger partial charge in [-0.05, 0) is 12.1 Å². The molecular formula is C7H7FO2S. The molecule has 0 aliphatic heterocycles. The number of hydrogen-bond donors (Lipinski definition) is 1. The predicted octanol–water partition coefficient (Wildman–Crippen LogP) is 1.27. The number of hydrogen-bond acceptors (Lipinski definition) is 2. The van der Waals surface area contributed by atoms with E-state index in [0.717, 1.165) is 6.07 Å². The van der Waals surface area contributed by atoms with E-state index < -0.39 is 16.6 Å². The minimum atomic E-state index is -1.33. The molecule has 0 radical (unpaired) electrons. The van der Waals surface area contributed by atoms with Crippen LogP contribution in [0.4, 0.5) is 4.39 Å². The lowest BCUT2D eigenvalue weighted by Gasteiger charge is -1.97. The van der Waals surface area contributed by atoms with Crippen molar-refractivity contribution in [2.45, 2.75) is 4.90 Å². The van der Waals surface area contributed by atoms with E-state index >= 15 is 0 Å². The molecule has 1 N–H and O–H groups in total. The van der Waals surface area contributed by atoms with Crippen LogP contribution in [-0.2, 0) is 10.8 Å². The van der Waals surface area contributed by atoms with E-state index in [1.54, 1.807) is 0 Å². The van der Waals surface area contributed by atoms with Gasteiger partial charge in [0.15, 0.2) is 0 Å². The van der Waals surface area contributed by atoms with Gasteiger partial charge in [0.1, 0.15) is 11.6 Å². The van der Waals surface area contributed by atoms with Crippen molar-refractivity contribution in [2.75, 3.05) is 6.26 Å². The van der Waals surface area contributed by atoms with E-state index in [2.05, 4.69) is 0 Å². The number of halogens is 1. The molecule has 2 nitrogen and oxygen atoms in total. The normalized spacial score (nSPS) is 12.9. The Morgan fingerprint density at radius 1 is 1.55 bits per heavy atom. The highest BCUT2D eigenvalue weighted by Gasteiger charge is 2.05. The van der Waals surface area contributed by atoms with Crippen molar-refractivity contribution in [1.82, 2.24) is 0 Å². The summed E-state index contributed by atoms with van der Waals surface area (Å²) in [5.41, 5.74) is 0. The number of aromatic hydroxyl groups is 1. The maximum Gasteiger partial charge on any atom is 0.142 e. The van der Waals surface area contributed by atoms with Crippen LogP contribution in [0.15, 0.2) is 23.1 Å². The first-order valence-electron chi connectivity index (χ1n) is 2.93. The van der Waals surface area contributed by atoms with E-state index in [1.807, 2.05) is 0 Å². The molecule has 0 aromatic heterocycles. The smallest absolute Gasteiger partial charge is 0.142 e. The molecule has 0 unspecified atom stereocenters. The topological polar surface area (TPSA) is 37.3 Å². The molecule has 1 rings (SSSR count). The van der Waals surface area contributed by atoms with Crippen LogP contribution in [-0.4, -0.2) is 15.6 Å². The highest BCUT2D eigenvalue weighted by molar-refractivity contribution is 7.84. The summed E-state index contributed by atoms with van der Waals surface area (Å²) in [5, 5.41) is 8.78. The minimum absolute atomic E-state index is 0.114. The van der Waals surface area contributed by atoms with E-state index in [-0.39, 0.29) is 10.6 Å². The molecule has 0 fully saturated rings. The summed E-state index contributed by atoms with van der Waals surface area (Å²) >= 11 is 0. The van der Waals surface area contributed by atoms with Crippen LogP contribution in [0.3, 0.4) is 0 Å². The van der Waals surface area contributed by atoms with Gasteiger partial charge < -0.3 is 5.11 Å². The molecule has 0 spiro atoms. The average Bonchev–Trinajstić information content (AvgIpc) is 1.85. The van der Waals surface area contributed by atoms with Crippen molar-refractivity contribution in [3.63, 3.8) is 0 Å². The number of phenols is 1. The molecule has 0 bridgehead atoms. The number of phenolic OH excluding ortho intramolecular Hbond substituents is 1. The zero-order valence-corrected chi connectivity index (χ0v) is 6.69. The molecule has 0 saturated heterocycles. The minimum Gasteiger partial charge on any atom is -0.508 e.